The normalized spacial score (nSPS) is 11.6. The standard InChI is InChI=1S/C14H20F3NO/c1-2-3-4-9-19-13-6-5-11(7-8-18)10-12(13)14(15,16)17/h5-6,10H,2-4,7-9,18H2,1H3. The van der Waals surface area contributed by atoms with E-state index in [9.17, 15) is 13.2 Å². The number of unbranched alkanes of at least 4 members (excludes halogenated alkanes) is 2. The molecule has 2 nitrogen and oxygen atoms in total. The van der Waals surface area contributed by atoms with Crippen LogP contribution in [-0.2, 0) is 12.6 Å². The molecule has 0 bridgehead atoms. The summed E-state index contributed by atoms with van der Waals surface area (Å²) < 4.78 is 44.0. The number of nitrogens with two attached hydrogens (primary N) is 1. The highest BCUT2D eigenvalue weighted by Crippen LogP contribution is 2.37. The van der Waals surface area contributed by atoms with Crippen LogP contribution in [0.4, 0.5) is 13.2 Å². The minimum Gasteiger partial charge on any atom is -0.493 e. The van der Waals surface area contributed by atoms with Gasteiger partial charge in [0.1, 0.15) is 5.75 Å². The van der Waals surface area contributed by atoms with Gasteiger partial charge in [-0.25, -0.2) is 0 Å². The monoisotopic (exact) mass is 275 g/mol. The van der Waals surface area contributed by atoms with Crippen molar-refractivity contribution >= 4 is 0 Å². The van der Waals surface area contributed by atoms with E-state index in [1.807, 2.05) is 6.92 Å². The summed E-state index contributed by atoms with van der Waals surface area (Å²) in [7, 11) is 0. The number of ether oxygens (including phenoxy) is 1. The quantitative estimate of drug-likeness (QED) is 0.769. The van der Waals surface area contributed by atoms with Crippen molar-refractivity contribution in [3.05, 3.63) is 29.3 Å². The first-order chi connectivity index (χ1) is 8.99. The van der Waals surface area contributed by atoms with E-state index in [4.69, 9.17) is 10.5 Å². The first kappa shape index (κ1) is 15.8. The van der Waals surface area contributed by atoms with Gasteiger partial charge < -0.3 is 10.5 Å². The molecule has 19 heavy (non-hydrogen) atoms. The summed E-state index contributed by atoms with van der Waals surface area (Å²) in [6.07, 6.45) is -1.25. The lowest BCUT2D eigenvalue weighted by Gasteiger charge is -2.15. The van der Waals surface area contributed by atoms with Crippen LogP contribution in [-0.4, -0.2) is 13.2 Å². The highest BCUT2D eigenvalue weighted by atomic mass is 19.4. The van der Waals surface area contributed by atoms with E-state index in [0.717, 1.165) is 25.3 Å². The van der Waals surface area contributed by atoms with E-state index in [2.05, 4.69) is 0 Å². The summed E-state index contributed by atoms with van der Waals surface area (Å²) in [6.45, 7) is 2.67. The van der Waals surface area contributed by atoms with Gasteiger partial charge in [-0.3, -0.25) is 0 Å². The topological polar surface area (TPSA) is 35.2 Å². The molecule has 0 saturated heterocycles. The first-order valence-corrected chi connectivity index (χ1v) is 6.52. The van der Waals surface area contributed by atoms with Crippen molar-refractivity contribution in [1.82, 2.24) is 0 Å². The fraction of sp³-hybridized carbons (Fsp3) is 0.571. The Kier molecular flexibility index (Phi) is 6.15. The molecule has 1 aromatic rings. The second-order valence-electron chi connectivity index (χ2n) is 4.42. The Hall–Kier alpha value is -1.23. The summed E-state index contributed by atoms with van der Waals surface area (Å²) in [6, 6.07) is 4.15. The Morgan fingerprint density at radius 1 is 1.21 bits per heavy atom. The molecular formula is C14H20F3NO. The SMILES string of the molecule is CCCCCOc1ccc(CCN)cc1C(F)(F)F. The second-order valence-corrected chi connectivity index (χ2v) is 4.42. The van der Waals surface area contributed by atoms with Crippen LogP contribution in [0.2, 0.25) is 0 Å². The molecule has 5 heteroatoms. The summed E-state index contributed by atoms with van der Waals surface area (Å²) in [5, 5.41) is 0. The Balaban J connectivity index is 2.84. The van der Waals surface area contributed by atoms with Crippen LogP contribution in [0.5, 0.6) is 5.75 Å². The smallest absolute Gasteiger partial charge is 0.419 e. The predicted octanol–water partition coefficient (Wildman–Crippen LogP) is 3.78. The van der Waals surface area contributed by atoms with Gasteiger partial charge >= 0.3 is 6.18 Å². The van der Waals surface area contributed by atoms with Gasteiger partial charge in [-0.1, -0.05) is 25.8 Å². The van der Waals surface area contributed by atoms with E-state index < -0.39 is 11.7 Å². The lowest BCUT2D eigenvalue weighted by Crippen LogP contribution is -2.11. The van der Waals surface area contributed by atoms with Gasteiger partial charge in [-0.15, -0.1) is 0 Å². The molecule has 0 amide bonds. The van der Waals surface area contributed by atoms with Crippen LogP contribution >= 0.6 is 0 Å². The summed E-state index contributed by atoms with van der Waals surface area (Å²) in [4.78, 5) is 0. The van der Waals surface area contributed by atoms with Crippen molar-refractivity contribution in [3.63, 3.8) is 0 Å². The van der Waals surface area contributed by atoms with Gasteiger partial charge in [0.15, 0.2) is 0 Å². The zero-order valence-electron chi connectivity index (χ0n) is 11.1. The second kappa shape index (κ2) is 7.38. The molecule has 0 radical (unpaired) electrons. The molecule has 0 atom stereocenters. The number of hydrogen-bond acceptors (Lipinski definition) is 2. The molecule has 0 aliphatic carbocycles. The largest absolute Gasteiger partial charge is 0.493 e. The van der Waals surface area contributed by atoms with Gasteiger partial charge in [0.2, 0.25) is 0 Å². The predicted molar refractivity (Wildman–Crippen MR) is 69.2 cm³/mol. The minimum absolute atomic E-state index is 0.0932. The molecule has 0 unspecified atom stereocenters. The van der Waals surface area contributed by atoms with Gasteiger partial charge in [-0.05, 0) is 37.1 Å². The van der Waals surface area contributed by atoms with Crippen LogP contribution in [0, 0.1) is 0 Å². The average Bonchev–Trinajstić information content (AvgIpc) is 2.35. The maximum Gasteiger partial charge on any atom is 0.419 e. The molecule has 0 aliphatic rings. The molecule has 0 aromatic heterocycles. The summed E-state index contributed by atoms with van der Waals surface area (Å²) in [5.74, 6) is -0.0932. The van der Waals surface area contributed by atoms with Gasteiger partial charge in [0.05, 0.1) is 12.2 Å². The Morgan fingerprint density at radius 2 is 1.95 bits per heavy atom. The van der Waals surface area contributed by atoms with E-state index in [0.29, 0.717) is 25.1 Å². The third-order valence-corrected chi connectivity index (χ3v) is 2.79. The molecule has 1 aromatic carbocycles. The zero-order chi connectivity index (χ0) is 14.3. The van der Waals surface area contributed by atoms with Gasteiger partial charge in [-0.2, -0.15) is 13.2 Å². The Morgan fingerprint density at radius 3 is 2.53 bits per heavy atom. The van der Waals surface area contributed by atoms with Gasteiger partial charge in [0, 0.05) is 0 Å². The maximum atomic E-state index is 12.9. The van der Waals surface area contributed by atoms with Crippen molar-refractivity contribution < 1.29 is 17.9 Å². The molecule has 1 rings (SSSR count). The van der Waals surface area contributed by atoms with E-state index in [-0.39, 0.29) is 5.75 Å². The molecule has 0 heterocycles. The maximum absolute atomic E-state index is 12.9. The number of benzene rings is 1. The summed E-state index contributed by atoms with van der Waals surface area (Å²) >= 11 is 0. The van der Waals surface area contributed by atoms with E-state index >= 15 is 0 Å². The Bertz CT molecular complexity index is 391. The lowest BCUT2D eigenvalue weighted by molar-refractivity contribution is -0.139. The molecule has 0 aliphatic heterocycles. The fourth-order valence-electron chi connectivity index (χ4n) is 1.78. The molecule has 2 N–H and O–H groups in total. The Labute approximate surface area is 111 Å². The third kappa shape index (κ3) is 5.11. The van der Waals surface area contributed by atoms with Crippen LogP contribution < -0.4 is 10.5 Å². The molecular weight excluding hydrogens is 255 g/mol. The highest BCUT2D eigenvalue weighted by Gasteiger charge is 2.34. The fourth-order valence-corrected chi connectivity index (χ4v) is 1.78. The lowest BCUT2D eigenvalue weighted by atomic mass is 10.1. The first-order valence-electron chi connectivity index (χ1n) is 6.52. The third-order valence-electron chi connectivity index (χ3n) is 2.79. The highest BCUT2D eigenvalue weighted by molar-refractivity contribution is 5.39. The average molecular weight is 275 g/mol. The number of rotatable bonds is 7. The number of hydrogen-bond donors (Lipinski definition) is 1. The molecule has 0 spiro atoms. The van der Waals surface area contributed by atoms with Crippen molar-refractivity contribution in [2.75, 3.05) is 13.2 Å². The van der Waals surface area contributed by atoms with Crippen LogP contribution in [0.3, 0.4) is 0 Å². The number of halogens is 3. The number of alkyl halides is 3. The van der Waals surface area contributed by atoms with Crippen LogP contribution in [0.25, 0.3) is 0 Å². The zero-order valence-corrected chi connectivity index (χ0v) is 11.1. The van der Waals surface area contributed by atoms with E-state index in [1.54, 1.807) is 6.07 Å². The minimum atomic E-state index is -4.40. The molecule has 0 fully saturated rings. The molecule has 0 saturated carbocycles. The van der Waals surface area contributed by atoms with Crippen LogP contribution in [0.15, 0.2) is 18.2 Å². The van der Waals surface area contributed by atoms with Crippen molar-refractivity contribution in [3.8, 4) is 5.75 Å². The van der Waals surface area contributed by atoms with E-state index in [1.165, 1.54) is 6.07 Å². The van der Waals surface area contributed by atoms with Crippen molar-refractivity contribution in [1.29, 1.82) is 0 Å². The van der Waals surface area contributed by atoms with Crippen molar-refractivity contribution in [2.45, 2.75) is 38.8 Å². The van der Waals surface area contributed by atoms with Crippen LogP contribution in [0.1, 0.15) is 37.3 Å². The molecule has 108 valence electrons. The van der Waals surface area contributed by atoms with Gasteiger partial charge in [0.25, 0.3) is 0 Å². The summed E-state index contributed by atoms with van der Waals surface area (Å²) in [5.41, 5.74) is 5.23. The van der Waals surface area contributed by atoms with Crippen molar-refractivity contribution in [2.24, 2.45) is 5.73 Å².